The smallest absolute Gasteiger partial charge is 0.131 e. The Labute approximate surface area is 125 Å². The predicted molar refractivity (Wildman–Crippen MR) is 85.7 cm³/mol. The molecule has 0 saturated heterocycles. The second-order valence-electron chi connectivity index (χ2n) is 6.24. The monoisotopic (exact) mass is 285 g/mol. The molecule has 2 N–H and O–H groups in total. The van der Waals surface area contributed by atoms with Crippen molar-refractivity contribution < 1.29 is 4.74 Å². The van der Waals surface area contributed by atoms with Crippen LogP contribution in [0.2, 0.25) is 0 Å². The summed E-state index contributed by atoms with van der Waals surface area (Å²) in [6, 6.07) is 6.55. The van der Waals surface area contributed by atoms with Crippen LogP contribution in [-0.2, 0) is 6.42 Å². The molecule has 0 saturated carbocycles. The van der Waals surface area contributed by atoms with Crippen molar-refractivity contribution in [3.05, 3.63) is 29.6 Å². The Hall–Kier alpha value is -1.97. The van der Waals surface area contributed by atoms with Crippen LogP contribution in [0.5, 0.6) is 5.75 Å². The number of nitrogens with zero attached hydrogens (tertiary/aromatic N) is 2. The predicted octanol–water partition coefficient (Wildman–Crippen LogP) is 3.77. The average molecular weight is 285 g/mol. The lowest BCUT2D eigenvalue weighted by Gasteiger charge is -2.15. The zero-order chi connectivity index (χ0) is 15.1. The molecule has 0 unspecified atom stereocenters. The number of benzene rings is 1. The summed E-state index contributed by atoms with van der Waals surface area (Å²) in [7, 11) is 0. The molecule has 0 fully saturated rings. The Kier molecular flexibility index (Phi) is 3.40. The normalized spacial score (nSPS) is 13.8. The Morgan fingerprint density at radius 2 is 2.00 bits per heavy atom. The largest absolute Gasteiger partial charge is 0.493 e. The lowest BCUT2D eigenvalue weighted by Crippen LogP contribution is -2.10. The second-order valence-corrected chi connectivity index (χ2v) is 6.24. The molecule has 21 heavy (non-hydrogen) atoms. The zero-order valence-electron chi connectivity index (χ0n) is 13.2. The fraction of sp³-hybridized carbons (Fsp3) is 0.471. The van der Waals surface area contributed by atoms with Crippen molar-refractivity contribution >= 4 is 5.82 Å². The Balaban J connectivity index is 2.12. The van der Waals surface area contributed by atoms with Gasteiger partial charge in [0.2, 0.25) is 0 Å². The number of nitrogens with two attached hydrogens (primary N) is 1. The van der Waals surface area contributed by atoms with Crippen molar-refractivity contribution in [1.82, 2.24) is 9.55 Å². The molecule has 0 spiro atoms. The molecule has 0 radical (unpaired) electrons. The van der Waals surface area contributed by atoms with Gasteiger partial charge in [-0.25, -0.2) is 4.98 Å². The molecule has 0 aliphatic carbocycles. The van der Waals surface area contributed by atoms with Gasteiger partial charge in [-0.2, -0.15) is 0 Å². The lowest BCUT2D eigenvalue weighted by molar-refractivity contribution is 0.357. The molecule has 112 valence electrons. The summed E-state index contributed by atoms with van der Waals surface area (Å²) < 4.78 is 7.71. The van der Waals surface area contributed by atoms with Gasteiger partial charge in [0.1, 0.15) is 23.1 Å². The van der Waals surface area contributed by atoms with E-state index >= 15 is 0 Å². The molecule has 2 aromatic rings. The van der Waals surface area contributed by atoms with Gasteiger partial charge in [0, 0.05) is 23.9 Å². The summed E-state index contributed by atoms with van der Waals surface area (Å²) in [6.07, 6.45) is 0.963. The van der Waals surface area contributed by atoms with Gasteiger partial charge in [0.15, 0.2) is 0 Å². The third-order valence-corrected chi connectivity index (χ3v) is 3.97. The minimum absolute atomic E-state index is 0.307. The number of rotatable bonds is 3. The van der Waals surface area contributed by atoms with Crippen LogP contribution in [0.4, 0.5) is 5.82 Å². The van der Waals surface area contributed by atoms with E-state index in [1.165, 1.54) is 5.56 Å². The summed E-state index contributed by atoms with van der Waals surface area (Å²) in [5, 5.41) is 0. The number of hydrogen-bond donors (Lipinski definition) is 1. The first-order valence-corrected chi connectivity index (χ1v) is 7.62. The van der Waals surface area contributed by atoms with Crippen molar-refractivity contribution in [2.45, 2.75) is 46.1 Å². The van der Waals surface area contributed by atoms with Crippen LogP contribution in [0.15, 0.2) is 18.2 Å². The number of imidazole rings is 1. The van der Waals surface area contributed by atoms with E-state index in [1.54, 1.807) is 0 Å². The highest BCUT2D eigenvalue weighted by molar-refractivity contribution is 5.73. The van der Waals surface area contributed by atoms with E-state index in [-0.39, 0.29) is 0 Å². The first kappa shape index (κ1) is 14.0. The fourth-order valence-corrected chi connectivity index (χ4v) is 2.96. The van der Waals surface area contributed by atoms with E-state index < -0.39 is 0 Å². The minimum Gasteiger partial charge on any atom is -0.493 e. The Bertz CT molecular complexity index is 671. The molecule has 2 heterocycles. The SMILES string of the molecule is CC(C)c1nc(-c2ccc3c(c2)CCO3)c(N)n1C(C)C. The maximum atomic E-state index is 6.39. The van der Waals surface area contributed by atoms with E-state index in [9.17, 15) is 0 Å². The number of hydrogen-bond acceptors (Lipinski definition) is 3. The van der Waals surface area contributed by atoms with Crippen LogP contribution >= 0.6 is 0 Å². The molecule has 1 aliphatic rings. The van der Waals surface area contributed by atoms with Crippen LogP contribution in [0.1, 0.15) is 51.0 Å². The molecule has 0 amide bonds. The molecule has 4 nitrogen and oxygen atoms in total. The highest BCUT2D eigenvalue weighted by atomic mass is 16.5. The maximum Gasteiger partial charge on any atom is 0.131 e. The van der Waals surface area contributed by atoms with E-state index in [0.29, 0.717) is 12.0 Å². The van der Waals surface area contributed by atoms with Crippen molar-refractivity contribution in [2.24, 2.45) is 0 Å². The highest BCUT2D eigenvalue weighted by Crippen LogP contribution is 2.35. The van der Waals surface area contributed by atoms with Gasteiger partial charge < -0.3 is 15.0 Å². The van der Waals surface area contributed by atoms with Gasteiger partial charge >= 0.3 is 0 Å². The Morgan fingerprint density at radius 1 is 1.24 bits per heavy atom. The maximum absolute atomic E-state index is 6.39. The fourth-order valence-electron chi connectivity index (χ4n) is 2.96. The van der Waals surface area contributed by atoms with Gasteiger partial charge in [0.05, 0.1) is 6.61 Å². The first-order valence-electron chi connectivity index (χ1n) is 7.62. The van der Waals surface area contributed by atoms with Crippen LogP contribution in [0, 0.1) is 0 Å². The number of ether oxygens (including phenoxy) is 1. The van der Waals surface area contributed by atoms with Crippen LogP contribution in [-0.4, -0.2) is 16.2 Å². The van der Waals surface area contributed by atoms with Gasteiger partial charge in [0.25, 0.3) is 0 Å². The van der Waals surface area contributed by atoms with Crippen LogP contribution in [0.25, 0.3) is 11.3 Å². The number of nitrogen functional groups attached to an aromatic ring is 1. The minimum atomic E-state index is 0.307. The van der Waals surface area contributed by atoms with Crippen molar-refractivity contribution in [1.29, 1.82) is 0 Å². The third kappa shape index (κ3) is 2.28. The van der Waals surface area contributed by atoms with Gasteiger partial charge in [-0.05, 0) is 37.6 Å². The van der Waals surface area contributed by atoms with E-state index in [2.05, 4.69) is 44.4 Å². The summed E-state index contributed by atoms with van der Waals surface area (Å²) in [5.74, 6) is 3.15. The zero-order valence-corrected chi connectivity index (χ0v) is 13.2. The van der Waals surface area contributed by atoms with E-state index in [1.807, 2.05) is 6.07 Å². The number of anilines is 1. The molecule has 0 atom stereocenters. The highest BCUT2D eigenvalue weighted by Gasteiger charge is 2.21. The van der Waals surface area contributed by atoms with Crippen molar-refractivity contribution in [3.8, 4) is 17.0 Å². The Morgan fingerprint density at radius 3 is 2.62 bits per heavy atom. The molecule has 4 heteroatoms. The quantitative estimate of drug-likeness (QED) is 0.934. The first-order chi connectivity index (χ1) is 9.99. The average Bonchev–Trinajstić information content (AvgIpc) is 3.01. The van der Waals surface area contributed by atoms with Crippen molar-refractivity contribution in [2.75, 3.05) is 12.3 Å². The summed E-state index contributed by atoms with van der Waals surface area (Å²) in [6.45, 7) is 9.36. The van der Waals surface area contributed by atoms with Crippen LogP contribution in [0.3, 0.4) is 0 Å². The van der Waals surface area contributed by atoms with Crippen LogP contribution < -0.4 is 10.5 Å². The topological polar surface area (TPSA) is 53.1 Å². The molecule has 0 bridgehead atoms. The second kappa shape index (κ2) is 5.10. The lowest BCUT2D eigenvalue weighted by atomic mass is 10.1. The van der Waals surface area contributed by atoms with Crippen molar-refractivity contribution in [3.63, 3.8) is 0 Å². The molecule has 1 aliphatic heterocycles. The van der Waals surface area contributed by atoms with Gasteiger partial charge in [-0.15, -0.1) is 0 Å². The molecular formula is C17H23N3O. The van der Waals surface area contributed by atoms with E-state index in [4.69, 9.17) is 15.5 Å². The molecular weight excluding hydrogens is 262 g/mol. The summed E-state index contributed by atoms with van der Waals surface area (Å²) in [5.41, 5.74) is 9.61. The number of aromatic nitrogens is 2. The number of fused-ring (bicyclic) bond motifs is 1. The third-order valence-electron chi connectivity index (χ3n) is 3.97. The molecule has 3 rings (SSSR count). The standard InChI is InChI=1S/C17H23N3O/c1-10(2)17-19-15(16(18)20(17)11(3)4)13-5-6-14-12(9-13)7-8-21-14/h5-6,9-11H,7-8,18H2,1-4H3. The van der Waals surface area contributed by atoms with Gasteiger partial charge in [-0.3, -0.25) is 0 Å². The molecule has 1 aromatic heterocycles. The molecule has 1 aromatic carbocycles. The van der Waals surface area contributed by atoms with Gasteiger partial charge in [-0.1, -0.05) is 13.8 Å². The summed E-state index contributed by atoms with van der Waals surface area (Å²) >= 11 is 0. The summed E-state index contributed by atoms with van der Waals surface area (Å²) in [4.78, 5) is 4.82. The van der Waals surface area contributed by atoms with E-state index in [0.717, 1.165) is 41.7 Å².